The summed E-state index contributed by atoms with van der Waals surface area (Å²) in [6, 6.07) is 0. The van der Waals surface area contributed by atoms with Gasteiger partial charge in [-0.25, -0.2) is 0 Å². The van der Waals surface area contributed by atoms with Crippen molar-refractivity contribution in [1.82, 2.24) is 0 Å². The van der Waals surface area contributed by atoms with E-state index in [9.17, 15) is 5.11 Å². The third-order valence-corrected chi connectivity index (χ3v) is 12.8. The zero-order valence-electron chi connectivity index (χ0n) is 23.0. The first kappa shape index (κ1) is 25.7. The zero-order valence-corrected chi connectivity index (χ0v) is 23.0. The summed E-state index contributed by atoms with van der Waals surface area (Å²) in [5.41, 5.74) is 0.954. The SMILES string of the molecule is C=CCC(C)(O)CCC(C)C1CCC2(C)C3CCC4CC(C)(OC)CCC4(C)C3CCC12C. The summed E-state index contributed by atoms with van der Waals surface area (Å²) in [7, 11) is 1.93. The van der Waals surface area contributed by atoms with Gasteiger partial charge in [-0.2, -0.15) is 0 Å². The topological polar surface area (TPSA) is 29.5 Å². The van der Waals surface area contributed by atoms with Gasteiger partial charge >= 0.3 is 0 Å². The van der Waals surface area contributed by atoms with Crippen LogP contribution >= 0.6 is 0 Å². The average molecular weight is 459 g/mol. The quantitative estimate of drug-likeness (QED) is 0.390. The maximum atomic E-state index is 10.7. The molecule has 190 valence electrons. The first-order valence-corrected chi connectivity index (χ1v) is 14.2. The lowest BCUT2D eigenvalue weighted by atomic mass is 9.40. The number of hydrogen-bond donors (Lipinski definition) is 1. The van der Waals surface area contributed by atoms with E-state index in [0.717, 1.165) is 36.5 Å². The molecule has 4 aliphatic rings. The average Bonchev–Trinajstić information content (AvgIpc) is 3.04. The Morgan fingerprint density at radius 1 is 1.00 bits per heavy atom. The van der Waals surface area contributed by atoms with Crippen LogP contribution in [-0.2, 0) is 4.74 Å². The summed E-state index contributed by atoms with van der Waals surface area (Å²) >= 11 is 0. The standard InChI is InChI=1S/C31H54O2/c1-9-15-27(3,32)16-12-22(2)24-13-17-31(7)26-11-10-23-21-28(4,33-8)19-20-29(23,5)25(26)14-18-30(24,31)6/h9,22-26,32H,1,10-21H2,2-8H3. The molecule has 2 nitrogen and oxygen atoms in total. The Bertz CT molecular complexity index is 728. The minimum Gasteiger partial charge on any atom is -0.390 e. The molecule has 4 fully saturated rings. The van der Waals surface area contributed by atoms with E-state index >= 15 is 0 Å². The van der Waals surface area contributed by atoms with Crippen LogP contribution in [0.5, 0.6) is 0 Å². The molecule has 0 aromatic heterocycles. The van der Waals surface area contributed by atoms with E-state index in [1.165, 1.54) is 57.8 Å². The Labute approximate surface area is 205 Å². The highest BCUT2D eigenvalue weighted by atomic mass is 16.5. The lowest BCUT2D eigenvalue weighted by Gasteiger charge is -2.65. The molecule has 4 aliphatic carbocycles. The summed E-state index contributed by atoms with van der Waals surface area (Å²) in [5.74, 6) is 4.13. The Morgan fingerprint density at radius 2 is 1.70 bits per heavy atom. The molecule has 33 heavy (non-hydrogen) atoms. The van der Waals surface area contributed by atoms with Crippen LogP contribution < -0.4 is 0 Å². The van der Waals surface area contributed by atoms with Crippen LogP contribution in [0.25, 0.3) is 0 Å². The van der Waals surface area contributed by atoms with Crippen molar-refractivity contribution in [3.63, 3.8) is 0 Å². The lowest BCUT2D eigenvalue weighted by Crippen LogP contribution is -2.59. The fourth-order valence-corrected chi connectivity index (χ4v) is 10.1. The predicted octanol–water partition coefficient (Wildman–Crippen LogP) is 8.18. The van der Waals surface area contributed by atoms with Gasteiger partial charge in [0.25, 0.3) is 0 Å². The molecule has 10 unspecified atom stereocenters. The molecule has 1 N–H and O–H groups in total. The third-order valence-electron chi connectivity index (χ3n) is 12.8. The smallest absolute Gasteiger partial charge is 0.0654 e. The highest BCUT2D eigenvalue weighted by molar-refractivity contribution is 5.15. The maximum Gasteiger partial charge on any atom is 0.0654 e. The molecular weight excluding hydrogens is 404 g/mol. The van der Waals surface area contributed by atoms with Crippen LogP contribution in [0.15, 0.2) is 12.7 Å². The molecule has 10 atom stereocenters. The number of fused-ring (bicyclic) bond motifs is 5. The number of methoxy groups -OCH3 is 1. The second kappa shape index (κ2) is 8.65. The molecule has 0 radical (unpaired) electrons. The van der Waals surface area contributed by atoms with Gasteiger partial charge < -0.3 is 9.84 Å². The predicted molar refractivity (Wildman–Crippen MR) is 139 cm³/mol. The van der Waals surface area contributed by atoms with E-state index in [1.54, 1.807) is 0 Å². The zero-order chi connectivity index (χ0) is 24.3. The molecule has 0 aliphatic heterocycles. The monoisotopic (exact) mass is 458 g/mol. The summed E-state index contributed by atoms with van der Waals surface area (Å²) in [4.78, 5) is 0. The van der Waals surface area contributed by atoms with Crippen LogP contribution in [0.4, 0.5) is 0 Å². The molecule has 0 amide bonds. The van der Waals surface area contributed by atoms with Gasteiger partial charge in [-0.3, -0.25) is 0 Å². The van der Waals surface area contributed by atoms with Crippen LogP contribution in [0.2, 0.25) is 0 Å². The molecule has 0 saturated heterocycles. The lowest BCUT2D eigenvalue weighted by molar-refractivity contribution is -0.181. The first-order valence-electron chi connectivity index (χ1n) is 14.2. The Hall–Kier alpha value is -0.340. The molecule has 0 bridgehead atoms. The van der Waals surface area contributed by atoms with Crippen molar-refractivity contribution in [2.45, 2.75) is 130 Å². The Morgan fingerprint density at radius 3 is 2.36 bits per heavy atom. The van der Waals surface area contributed by atoms with Crippen molar-refractivity contribution in [2.24, 2.45) is 45.8 Å². The largest absolute Gasteiger partial charge is 0.390 e. The normalized spacial score (nSPS) is 49.9. The van der Waals surface area contributed by atoms with E-state index in [1.807, 2.05) is 20.1 Å². The molecule has 0 heterocycles. The van der Waals surface area contributed by atoms with Crippen molar-refractivity contribution in [3.05, 3.63) is 12.7 Å². The highest BCUT2D eigenvalue weighted by Crippen LogP contribution is 2.73. The summed E-state index contributed by atoms with van der Waals surface area (Å²) in [6.07, 6.45) is 17.0. The molecule has 0 aromatic carbocycles. The molecular formula is C31H54O2. The van der Waals surface area contributed by atoms with E-state index in [2.05, 4.69) is 41.2 Å². The van der Waals surface area contributed by atoms with Gasteiger partial charge in [-0.05, 0) is 137 Å². The van der Waals surface area contributed by atoms with E-state index in [0.29, 0.717) is 28.6 Å². The van der Waals surface area contributed by atoms with Gasteiger partial charge in [-0.1, -0.05) is 33.8 Å². The minimum absolute atomic E-state index is 0.102. The maximum absolute atomic E-state index is 10.7. The van der Waals surface area contributed by atoms with Gasteiger partial charge in [0.2, 0.25) is 0 Å². The van der Waals surface area contributed by atoms with E-state index in [-0.39, 0.29) is 5.60 Å². The fraction of sp³-hybridized carbons (Fsp3) is 0.935. The number of aliphatic hydroxyl groups is 1. The summed E-state index contributed by atoms with van der Waals surface area (Å²) in [5, 5.41) is 10.7. The molecule has 0 aromatic rings. The van der Waals surface area contributed by atoms with Gasteiger partial charge in [0, 0.05) is 7.11 Å². The number of hydrogen-bond acceptors (Lipinski definition) is 2. The van der Waals surface area contributed by atoms with Crippen LogP contribution in [0.3, 0.4) is 0 Å². The number of rotatable bonds is 7. The third kappa shape index (κ3) is 4.08. The van der Waals surface area contributed by atoms with Crippen LogP contribution in [0, 0.1) is 45.8 Å². The van der Waals surface area contributed by atoms with Crippen LogP contribution in [0.1, 0.15) is 119 Å². The second-order valence-corrected chi connectivity index (χ2v) is 14.4. The summed E-state index contributed by atoms with van der Waals surface area (Å²) in [6.45, 7) is 18.7. The molecule has 4 rings (SSSR count). The van der Waals surface area contributed by atoms with E-state index in [4.69, 9.17) is 4.74 Å². The van der Waals surface area contributed by atoms with Gasteiger partial charge in [-0.15, -0.1) is 6.58 Å². The Balaban J connectivity index is 1.51. The summed E-state index contributed by atoms with van der Waals surface area (Å²) < 4.78 is 5.99. The fourth-order valence-electron chi connectivity index (χ4n) is 10.1. The molecule has 2 heteroatoms. The van der Waals surface area contributed by atoms with Crippen molar-refractivity contribution >= 4 is 0 Å². The van der Waals surface area contributed by atoms with Crippen LogP contribution in [-0.4, -0.2) is 23.4 Å². The highest BCUT2D eigenvalue weighted by Gasteiger charge is 2.66. The van der Waals surface area contributed by atoms with Crippen molar-refractivity contribution in [3.8, 4) is 0 Å². The minimum atomic E-state index is -0.596. The number of ether oxygens (including phenoxy) is 1. The Kier molecular flexibility index (Phi) is 6.75. The second-order valence-electron chi connectivity index (χ2n) is 14.4. The van der Waals surface area contributed by atoms with Gasteiger partial charge in [0.15, 0.2) is 0 Å². The molecule has 0 spiro atoms. The van der Waals surface area contributed by atoms with E-state index < -0.39 is 5.60 Å². The molecule has 4 saturated carbocycles. The van der Waals surface area contributed by atoms with Gasteiger partial charge in [0.1, 0.15) is 0 Å². The van der Waals surface area contributed by atoms with Crippen molar-refractivity contribution in [2.75, 3.05) is 7.11 Å². The van der Waals surface area contributed by atoms with Gasteiger partial charge in [0.05, 0.1) is 11.2 Å². The first-order chi connectivity index (χ1) is 15.3. The van der Waals surface area contributed by atoms with Crippen molar-refractivity contribution in [1.29, 1.82) is 0 Å². The van der Waals surface area contributed by atoms with Crippen molar-refractivity contribution < 1.29 is 9.84 Å².